The van der Waals surface area contributed by atoms with E-state index in [1.165, 1.54) is 4.88 Å². The van der Waals surface area contributed by atoms with Gasteiger partial charge in [-0.2, -0.15) is 0 Å². The Kier molecular flexibility index (Phi) is 3.98. The van der Waals surface area contributed by atoms with E-state index in [1.54, 1.807) is 11.3 Å². The predicted molar refractivity (Wildman–Crippen MR) is 68.1 cm³/mol. The van der Waals surface area contributed by atoms with Crippen molar-refractivity contribution >= 4 is 23.2 Å². The Morgan fingerprint density at radius 1 is 1.61 bits per heavy atom. The molecular weight excluding hydrogens is 252 g/mol. The van der Waals surface area contributed by atoms with Gasteiger partial charge in [-0.15, -0.1) is 11.3 Å². The monoisotopic (exact) mass is 268 g/mol. The van der Waals surface area contributed by atoms with Crippen molar-refractivity contribution in [2.75, 3.05) is 6.61 Å². The van der Waals surface area contributed by atoms with Crippen molar-refractivity contribution in [2.24, 2.45) is 11.7 Å². The van der Waals surface area contributed by atoms with Crippen LogP contribution in [0.3, 0.4) is 0 Å². The third kappa shape index (κ3) is 2.88. The molecule has 1 aliphatic rings. The third-order valence-electron chi connectivity index (χ3n) is 3.03. The molecule has 0 saturated carbocycles. The standard InChI is InChI=1S/C12H16N2O3S/c1-7-2-3-8-9(6-18-10(8)4-7)12(16)14-17-5-11(13)15/h6-7H,2-5H2,1H3,(H2,13,15)(H,14,16). The zero-order chi connectivity index (χ0) is 13.1. The van der Waals surface area contributed by atoms with E-state index < -0.39 is 5.91 Å². The SMILES string of the molecule is CC1CCc2c(C(=O)NOCC(N)=O)csc2C1. The molecule has 6 heteroatoms. The first-order chi connectivity index (χ1) is 8.58. The number of rotatable bonds is 4. The average Bonchev–Trinajstić information content (AvgIpc) is 2.71. The average molecular weight is 268 g/mol. The zero-order valence-corrected chi connectivity index (χ0v) is 11.0. The first kappa shape index (κ1) is 13.0. The first-order valence-corrected chi connectivity index (χ1v) is 6.75. The van der Waals surface area contributed by atoms with Crippen LogP contribution < -0.4 is 11.2 Å². The second kappa shape index (κ2) is 5.49. The predicted octanol–water partition coefficient (Wildman–Crippen LogP) is 1.02. The number of amides is 2. The van der Waals surface area contributed by atoms with E-state index in [1.807, 2.05) is 5.38 Å². The molecule has 98 valence electrons. The van der Waals surface area contributed by atoms with Gasteiger partial charge in [0, 0.05) is 10.3 Å². The van der Waals surface area contributed by atoms with Crippen LogP contribution in [-0.4, -0.2) is 18.4 Å². The summed E-state index contributed by atoms with van der Waals surface area (Å²) in [5.41, 5.74) is 8.94. The maximum absolute atomic E-state index is 11.9. The molecule has 0 radical (unpaired) electrons. The summed E-state index contributed by atoms with van der Waals surface area (Å²) >= 11 is 1.62. The molecular formula is C12H16N2O3S. The number of hydrogen-bond donors (Lipinski definition) is 2. The summed E-state index contributed by atoms with van der Waals surface area (Å²) in [6.45, 7) is 1.91. The number of hydrogen-bond acceptors (Lipinski definition) is 4. The molecule has 0 aliphatic heterocycles. The Hall–Kier alpha value is -1.40. The molecule has 0 saturated heterocycles. The largest absolute Gasteiger partial charge is 0.368 e. The molecule has 3 N–H and O–H groups in total. The molecule has 1 aromatic heterocycles. The van der Waals surface area contributed by atoms with Crippen molar-refractivity contribution < 1.29 is 14.4 Å². The van der Waals surface area contributed by atoms with E-state index >= 15 is 0 Å². The van der Waals surface area contributed by atoms with Crippen molar-refractivity contribution in [2.45, 2.75) is 26.2 Å². The van der Waals surface area contributed by atoms with Gasteiger partial charge in [-0.25, -0.2) is 5.48 Å². The van der Waals surface area contributed by atoms with Gasteiger partial charge < -0.3 is 5.73 Å². The van der Waals surface area contributed by atoms with Gasteiger partial charge in [0.1, 0.15) is 0 Å². The fraction of sp³-hybridized carbons (Fsp3) is 0.500. The quantitative estimate of drug-likeness (QED) is 0.800. The molecule has 0 bridgehead atoms. The number of hydroxylamine groups is 1. The molecule has 0 aromatic carbocycles. The van der Waals surface area contributed by atoms with E-state index in [0.29, 0.717) is 11.5 Å². The fourth-order valence-corrected chi connectivity index (χ4v) is 3.34. The minimum atomic E-state index is -0.614. The van der Waals surface area contributed by atoms with E-state index in [2.05, 4.69) is 12.4 Å². The molecule has 2 rings (SSSR count). The fourth-order valence-electron chi connectivity index (χ4n) is 2.10. The number of carbonyl (C=O) groups excluding carboxylic acids is 2. The van der Waals surface area contributed by atoms with Crippen LogP contribution in [0.5, 0.6) is 0 Å². The lowest BCUT2D eigenvalue weighted by atomic mass is 9.88. The highest BCUT2D eigenvalue weighted by Gasteiger charge is 2.23. The molecule has 2 amide bonds. The molecule has 18 heavy (non-hydrogen) atoms. The summed E-state index contributed by atoms with van der Waals surface area (Å²) < 4.78 is 0. The van der Waals surface area contributed by atoms with Crippen LogP contribution >= 0.6 is 11.3 Å². The summed E-state index contributed by atoms with van der Waals surface area (Å²) in [4.78, 5) is 28.4. The molecule has 1 aliphatic carbocycles. The highest BCUT2D eigenvalue weighted by Crippen LogP contribution is 2.32. The summed E-state index contributed by atoms with van der Waals surface area (Å²) in [5, 5.41) is 1.85. The number of carbonyl (C=O) groups is 2. The van der Waals surface area contributed by atoms with Gasteiger partial charge in [0.2, 0.25) is 5.91 Å². The van der Waals surface area contributed by atoms with Gasteiger partial charge >= 0.3 is 0 Å². The van der Waals surface area contributed by atoms with Crippen LogP contribution in [0.2, 0.25) is 0 Å². The molecule has 1 aromatic rings. The molecule has 5 nitrogen and oxygen atoms in total. The van der Waals surface area contributed by atoms with Gasteiger partial charge in [-0.3, -0.25) is 14.4 Å². The van der Waals surface area contributed by atoms with Crippen molar-refractivity contribution in [1.82, 2.24) is 5.48 Å². The van der Waals surface area contributed by atoms with Crippen molar-refractivity contribution in [3.8, 4) is 0 Å². The van der Waals surface area contributed by atoms with E-state index in [-0.39, 0.29) is 12.5 Å². The Morgan fingerprint density at radius 2 is 2.39 bits per heavy atom. The molecule has 1 atom stereocenters. The molecule has 1 unspecified atom stereocenters. The van der Waals surface area contributed by atoms with Gasteiger partial charge in [-0.1, -0.05) is 6.92 Å². The Labute approximate surface area is 109 Å². The molecule has 0 spiro atoms. The van der Waals surface area contributed by atoms with Crippen LogP contribution in [0.1, 0.15) is 34.1 Å². The second-order valence-corrected chi connectivity index (χ2v) is 5.55. The number of nitrogens with one attached hydrogen (secondary N) is 1. The van der Waals surface area contributed by atoms with E-state index in [0.717, 1.165) is 24.8 Å². The van der Waals surface area contributed by atoms with Gasteiger partial charge in [-0.05, 0) is 30.7 Å². The lowest BCUT2D eigenvalue weighted by molar-refractivity contribution is -0.124. The van der Waals surface area contributed by atoms with Crippen LogP contribution in [0.25, 0.3) is 0 Å². The van der Waals surface area contributed by atoms with Crippen LogP contribution in [-0.2, 0) is 22.5 Å². The van der Waals surface area contributed by atoms with Gasteiger partial charge in [0.15, 0.2) is 6.61 Å². The zero-order valence-electron chi connectivity index (χ0n) is 10.2. The Bertz CT molecular complexity index is 470. The maximum Gasteiger partial charge on any atom is 0.275 e. The smallest absolute Gasteiger partial charge is 0.275 e. The van der Waals surface area contributed by atoms with Crippen LogP contribution in [0, 0.1) is 5.92 Å². The lowest BCUT2D eigenvalue weighted by Crippen LogP contribution is -2.30. The van der Waals surface area contributed by atoms with Crippen molar-refractivity contribution in [1.29, 1.82) is 0 Å². The Morgan fingerprint density at radius 3 is 3.11 bits per heavy atom. The summed E-state index contributed by atoms with van der Waals surface area (Å²) in [5.74, 6) is -0.238. The number of fused-ring (bicyclic) bond motifs is 1. The number of nitrogens with two attached hydrogens (primary N) is 1. The maximum atomic E-state index is 11.9. The highest BCUT2D eigenvalue weighted by atomic mass is 32.1. The van der Waals surface area contributed by atoms with Crippen LogP contribution in [0.4, 0.5) is 0 Å². The summed E-state index contributed by atoms with van der Waals surface area (Å²) in [6, 6.07) is 0. The number of primary amides is 1. The van der Waals surface area contributed by atoms with Crippen LogP contribution in [0.15, 0.2) is 5.38 Å². The minimum absolute atomic E-state index is 0.302. The minimum Gasteiger partial charge on any atom is -0.368 e. The van der Waals surface area contributed by atoms with Gasteiger partial charge in [0.05, 0.1) is 5.56 Å². The second-order valence-electron chi connectivity index (χ2n) is 4.59. The summed E-state index contributed by atoms with van der Waals surface area (Å²) in [7, 11) is 0. The Balaban J connectivity index is 2.01. The van der Waals surface area contributed by atoms with Crippen molar-refractivity contribution in [3.05, 3.63) is 21.4 Å². The molecule has 0 fully saturated rings. The normalized spacial score (nSPS) is 18.2. The lowest BCUT2D eigenvalue weighted by Gasteiger charge is -2.18. The van der Waals surface area contributed by atoms with E-state index in [4.69, 9.17) is 10.6 Å². The van der Waals surface area contributed by atoms with Crippen molar-refractivity contribution in [3.63, 3.8) is 0 Å². The topological polar surface area (TPSA) is 81.4 Å². The third-order valence-corrected chi connectivity index (χ3v) is 4.08. The van der Waals surface area contributed by atoms with E-state index in [9.17, 15) is 9.59 Å². The van der Waals surface area contributed by atoms with Gasteiger partial charge in [0.25, 0.3) is 5.91 Å². The number of thiophene rings is 1. The highest BCUT2D eigenvalue weighted by molar-refractivity contribution is 7.10. The first-order valence-electron chi connectivity index (χ1n) is 5.87. The molecule has 1 heterocycles. The summed E-state index contributed by atoms with van der Waals surface area (Å²) in [6.07, 6.45) is 3.07.